The molecule has 0 aliphatic carbocycles. The number of aromatic amines is 1. The van der Waals surface area contributed by atoms with Crippen LogP contribution >= 0.6 is 12.2 Å². The number of hydrogen-bond acceptors (Lipinski definition) is 3. The molecule has 0 bridgehead atoms. The van der Waals surface area contributed by atoms with Gasteiger partial charge in [0.05, 0.1) is 5.39 Å². The van der Waals surface area contributed by atoms with E-state index in [4.69, 9.17) is 12.2 Å². The van der Waals surface area contributed by atoms with Gasteiger partial charge in [-0.3, -0.25) is 9.78 Å². The van der Waals surface area contributed by atoms with E-state index < -0.39 is 12.0 Å². The van der Waals surface area contributed by atoms with Crippen LogP contribution in [0.15, 0.2) is 10.9 Å². The minimum absolute atomic E-state index is 0.0916. The van der Waals surface area contributed by atoms with Gasteiger partial charge in [0.15, 0.2) is 4.77 Å². The van der Waals surface area contributed by atoms with Gasteiger partial charge in [-0.1, -0.05) is 0 Å². The Labute approximate surface area is 106 Å². The summed E-state index contributed by atoms with van der Waals surface area (Å²) in [5.74, 6) is 0. The lowest BCUT2D eigenvalue weighted by Crippen LogP contribution is -2.17. The summed E-state index contributed by atoms with van der Waals surface area (Å²) in [5.41, 5.74) is -0.292. The molecule has 0 atom stereocenters. The van der Waals surface area contributed by atoms with E-state index in [1.807, 2.05) is 0 Å². The fraction of sp³-hybridized carbons (Fsp3) is 0.364. The number of nitrogens with zero attached hydrogens (tertiary/aromatic N) is 2. The molecule has 2 heterocycles. The van der Waals surface area contributed by atoms with Gasteiger partial charge in [-0.15, -0.1) is 0 Å². The maximum atomic E-state index is 13.0. The SMILES string of the molecule is CCn1c(=S)[nH]c(=O)c2c(C(F)F)cc(C)nc21. The summed E-state index contributed by atoms with van der Waals surface area (Å²) in [6.07, 6.45) is -2.73. The molecule has 2 aromatic heterocycles. The van der Waals surface area contributed by atoms with Crippen LogP contribution in [0.3, 0.4) is 0 Å². The predicted molar refractivity (Wildman–Crippen MR) is 66.6 cm³/mol. The highest BCUT2D eigenvalue weighted by molar-refractivity contribution is 7.71. The summed E-state index contributed by atoms with van der Waals surface area (Å²) in [6, 6.07) is 1.23. The van der Waals surface area contributed by atoms with Crippen LogP contribution in [-0.4, -0.2) is 14.5 Å². The van der Waals surface area contributed by atoms with Gasteiger partial charge in [-0.2, -0.15) is 0 Å². The van der Waals surface area contributed by atoms with Crippen LogP contribution in [-0.2, 0) is 6.54 Å². The second kappa shape index (κ2) is 4.56. The van der Waals surface area contributed by atoms with Gasteiger partial charge in [0.2, 0.25) is 0 Å². The number of nitrogens with one attached hydrogen (secondary N) is 1. The zero-order valence-electron chi connectivity index (χ0n) is 9.83. The maximum absolute atomic E-state index is 13.0. The number of aromatic nitrogens is 3. The van der Waals surface area contributed by atoms with E-state index in [-0.39, 0.29) is 21.4 Å². The standard InChI is InChI=1S/C11H11F2N3OS/c1-3-16-9-7(10(17)15-11(16)18)6(8(12)13)4-5(2)14-9/h4,8H,3H2,1-2H3,(H,15,17,18). The van der Waals surface area contributed by atoms with E-state index in [1.165, 1.54) is 10.6 Å². The number of aryl methyl sites for hydroxylation is 2. The molecule has 0 saturated carbocycles. The number of H-pyrrole nitrogens is 1. The number of alkyl halides is 2. The van der Waals surface area contributed by atoms with Crippen molar-refractivity contribution in [2.24, 2.45) is 0 Å². The van der Waals surface area contributed by atoms with E-state index >= 15 is 0 Å². The Bertz CT molecular complexity index is 721. The lowest BCUT2D eigenvalue weighted by molar-refractivity contribution is 0.153. The van der Waals surface area contributed by atoms with E-state index in [9.17, 15) is 13.6 Å². The Morgan fingerprint density at radius 2 is 2.22 bits per heavy atom. The summed E-state index contributed by atoms with van der Waals surface area (Å²) in [7, 11) is 0. The highest BCUT2D eigenvalue weighted by Crippen LogP contribution is 2.25. The quantitative estimate of drug-likeness (QED) is 0.854. The Morgan fingerprint density at radius 1 is 1.56 bits per heavy atom. The van der Waals surface area contributed by atoms with Crippen LogP contribution in [0, 0.1) is 11.7 Å². The molecule has 0 fully saturated rings. The predicted octanol–water partition coefficient (Wildman–Crippen LogP) is 2.72. The van der Waals surface area contributed by atoms with Crippen molar-refractivity contribution in [1.82, 2.24) is 14.5 Å². The van der Waals surface area contributed by atoms with Gasteiger partial charge in [-0.25, -0.2) is 13.8 Å². The molecule has 2 aromatic rings. The van der Waals surface area contributed by atoms with Crippen LogP contribution in [0.2, 0.25) is 0 Å². The van der Waals surface area contributed by atoms with E-state index in [2.05, 4.69) is 9.97 Å². The molecule has 18 heavy (non-hydrogen) atoms. The average molecular weight is 271 g/mol. The van der Waals surface area contributed by atoms with E-state index in [1.54, 1.807) is 13.8 Å². The van der Waals surface area contributed by atoms with Crippen molar-refractivity contribution in [3.8, 4) is 0 Å². The van der Waals surface area contributed by atoms with Crippen molar-refractivity contribution in [3.63, 3.8) is 0 Å². The zero-order chi connectivity index (χ0) is 13.4. The molecule has 0 unspecified atom stereocenters. The number of hydrogen-bond donors (Lipinski definition) is 1. The summed E-state index contributed by atoms with van der Waals surface area (Å²) in [4.78, 5) is 18.3. The fourth-order valence-corrected chi connectivity index (χ4v) is 2.21. The molecule has 0 saturated heterocycles. The molecule has 4 nitrogen and oxygen atoms in total. The third-order valence-corrected chi connectivity index (χ3v) is 2.98. The minimum atomic E-state index is -2.73. The first kappa shape index (κ1) is 12.8. The first-order chi connectivity index (χ1) is 8.45. The summed E-state index contributed by atoms with van der Waals surface area (Å²) >= 11 is 5.00. The summed E-state index contributed by atoms with van der Waals surface area (Å²) in [5, 5.41) is -0.0916. The second-order valence-corrected chi connectivity index (χ2v) is 4.24. The van der Waals surface area contributed by atoms with Gasteiger partial charge in [0, 0.05) is 17.8 Å². The molecule has 1 N–H and O–H groups in total. The third kappa shape index (κ3) is 1.94. The molecule has 0 spiro atoms. The van der Waals surface area contributed by atoms with Crippen LogP contribution in [0.25, 0.3) is 11.0 Å². The number of fused-ring (bicyclic) bond motifs is 1. The molecule has 7 heteroatoms. The van der Waals surface area contributed by atoms with Crippen LogP contribution in [0.5, 0.6) is 0 Å². The van der Waals surface area contributed by atoms with Crippen molar-refractivity contribution in [2.45, 2.75) is 26.8 Å². The molecule has 0 aromatic carbocycles. The molecular weight excluding hydrogens is 260 g/mol. The molecule has 96 valence electrons. The van der Waals surface area contributed by atoms with Gasteiger partial charge >= 0.3 is 0 Å². The average Bonchev–Trinajstić information content (AvgIpc) is 2.27. The Morgan fingerprint density at radius 3 is 2.78 bits per heavy atom. The van der Waals surface area contributed by atoms with Gasteiger partial charge in [-0.05, 0) is 32.1 Å². The summed E-state index contributed by atoms with van der Waals surface area (Å²) < 4.78 is 27.7. The van der Waals surface area contributed by atoms with E-state index in [0.29, 0.717) is 12.2 Å². The Hall–Kier alpha value is -1.63. The summed E-state index contributed by atoms with van der Waals surface area (Å²) in [6.45, 7) is 3.86. The molecule has 0 amide bonds. The lowest BCUT2D eigenvalue weighted by atomic mass is 10.1. The number of rotatable bonds is 2. The minimum Gasteiger partial charge on any atom is -0.303 e. The first-order valence-corrected chi connectivity index (χ1v) is 5.79. The van der Waals surface area contributed by atoms with Crippen LogP contribution < -0.4 is 5.56 Å². The number of pyridine rings is 1. The Kier molecular flexibility index (Phi) is 3.25. The molecule has 0 aliphatic heterocycles. The van der Waals surface area contributed by atoms with Gasteiger partial charge in [0.25, 0.3) is 12.0 Å². The molecule has 0 radical (unpaired) electrons. The monoisotopic (exact) mass is 271 g/mol. The van der Waals surface area contributed by atoms with Crippen molar-refractivity contribution in [2.75, 3.05) is 0 Å². The first-order valence-electron chi connectivity index (χ1n) is 5.38. The van der Waals surface area contributed by atoms with Crippen molar-refractivity contribution in [1.29, 1.82) is 0 Å². The highest BCUT2D eigenvalue weighted by Gasteiger charge is 2.18. The third-order valence-electron chi connectivity index (χ3n) is 2.66. The highest BCUT2D eigenvalue weighted by atomic mass is 32.1. The zero-order valence-corrected chi connectivity index (χ0v) is 10.6. The van der Waals surface area contributed by atoms with Crippen molar-refractivity contribution in [3.05, 3.63) is 32.4 Å². The molecular formula is C11H11F2N3OS. The van der Waals surface area contributed by atoms with Crippen LogP contribution in [0.4, 0.5) is 8.78 Å². The van der Waals surface area contributed by atoms with Gasteiger partial charge < -0.3 is 4.57 Å². The largest absolute Gasteiger partial charge is 0.303 e. The molecule has 2 rings (SSSR count). The van der Waals surface area contributed by atoms with Gasteiger partial charge in [0.1, 0.15) is 5.65 Å². The maximum Gasteiger partial charge on any atom is 0.264 e. The number of halogens is 2. The normalized spacial score (nSPS) is 11.4. The Balaban J connectivity index is 3.08. The smallest absolute Gasteiger partial charge is 0.264 e. The van der Waals surface area contributed by atoms with Crippen LogP contribution in [0.1, 0.15) is 24.6 Å². The topological polar surface area (TPSA) is 50.7 Å². The lowest BCUT2D eigenvalue weighted by Gasteiger charge is -2.11. The molecule has 0 aliphatic rings. The second-order valence-electron chi connectivity index (χ2n) is 3.86. The van der Waals surface area contributed by atoms with Crippen molar-refractivity contribution < 1.29 is 8.78 Å². The van der Waals surface area contributed by atoms with Crippen molar-refractivity contribution >= 4 is 23.3 Å². The van der Waals surface area contributed by atoms with E-state index in [0.717, 1.165) is 0 Å². The fourth-order valence-electron chi connectivity index (χ4n) is 1.90.